The van der Waals surface area contributed by atoms with Gasteiger partial charge in [0.05, 0.1) is 6.20 Å². The highest BCUT2D eigenvalue weighted by Gasteiger charge is 2.35. The predicted molar refractivity (Wildman–Crippen MR) is 74.3 cm³/mol. The van der Waals surface area contributed by atoms with Crippen molar-refractivity contribution in [3.63, 3.8) is 0 Å². The Hall–Kier alpha value is -1.69. The van der Waals surface area contributed by atoms with Crippen molar-refractivity contribution in [1.82, 2.24) is 19.9 Å². The second-order valence-electron chi connectivity index (χ2n) is 5.67. The van der Waals surface area contributed by atoms with Crippen molar-refractivity contribution in [2.45, 2.75) is 37.8 Å². The molecule has 2 unspecified atom stereocenters. The molecular formula is C14H18FN5. The fraction of sp³-hybridized carbons (Fsp3) is 0.571. The largest absolute Gasteiger partial charge is 0.335 e. The van der Waals surface area contributed by atoms with Crippen LogP contribution in [0.5, 0.6) is 0 Å². The molecule has 2 fully saturated rings. The first-order valence-electron chi connectivity index (χ1n) is 7.33. The van der Waals surface area contributed by atoms with Gasteiger partial charge in [-0.2, -0.15) is 4.98 Å². The van der Waals surface area contributed by atoms with Gasteiger partial charge in [-0.25, -0.2) is 8.91 Å². The Morgan fingerprint density at radius 1 is 1.25 bits per heavy atom. The van der Waals surface area contributed by atoms with Gasteiger partial charge >= 0.3 is 0 Å². The van der Waals surface area contributed by atoms with E-state index in [-0.39, 0.29) is 5.82 Å². The summed E-state index contributed by atoms with van der Waals surface area (Å²) in [6.07, 6.45) is 6.21. The Morgan fingerprint density at radius 3 is 3.05 bits per heavy atom. The van der Waals surface area contributed by atoms with Crippen molar-refractivity contribution in [3.05, 3.63) is 24.1 Å². The SMILES string of the molecule is Fc1ccc2nc(N3CCCC3C3CCCN3)nn2c1. The molecule has 2 aromatic rings. The Bertz CT molecular complexity index is 619. The fourth-order valence-electron chi connectivity index (χ4n) is 3.47. The van der Waals surface area contributed by atoms with Crippen molar-refractivity contribution in [2.75, 3.05) is 18.0 Å². The molecule has 1 N–H and O–H groups in total. The molecule has 0 spiro atoms. The van der Waals surface area contributed by atoms with Gasteiger partial charge in [-0.15, -0.1) is 5.10 Å². The number of aromatic nitrogens is 3. The molecule has 2 aromatic heterocycles. The molecule has 6 heteroatoms. The quantitative estimate of drug-likeness (QED) is 0.904. The number of pyridine rings is 1. The van der Waals surface area contributed by atoms with Crippen LogP contribution >= 0.6 is 0 Å². The summed E-state index contributed by atoms with van der Waals surface area (Å²) < 4.78 is 14.8. The van der Waals surface area contributed by atoms with E-state index in [0.717, 1.165) is 19.0 Å². The van der Waals surface area contributed by atoms with E-state index in [1.54, 1.807) is 6.07 Å². The maximum Gasteiger partial charge on any atom is 0.245 e. The number of hydrogen-bond donors (Lipinski definition) is 1. The van der Waals surface area contributed by atoms with Crippen LogP contribution in [0.3, 0.4) is 0 Å². The molecule has 2 aliphatic rings. The lowest BCUT2D eigenvalue weighted by molar-refractivity contribution is 0.478. The van der Waals surface area contributed by atoms with E-state index in [9.17, 15) is 4.39 Å². The third-order valence-corrected chi connectivity index (χ3v) is 4.40. The maximum absolute atomic E-state index is 13.2. The van der Waals surface area contributed by atoms with Crippen LogP contribution in [-0.4, -0.2) is 39.8 Å². The zero-order valence-electron chi connectivity index (χ0n) is 11.3. The molecule has 0 aromatic carbocycles. The van der Waals surface area contributed by atoms with Crippen molar-refractivity contribution in [1.29, 1.82) is 0 Å². The molecule has 0 aliphatic carbocycles. The summed E-state index contributed by atoms with van der Waals surface area (Å²) in [4.78, 5) is 6.83. The smallest absolute Gasteiger partial charge is 0.245 e. The fourth-order valence-corrected chi connectivity index (χ4v) is 3.47. The molecular weight excluding hydrogens is 257 g/mol. The van der Waals surface area contributed by atoms with Crippen LogP contribution in [-0.2, 0) is 0 Å². The Morgan fingerprint density at radius 2 is 2.20 bits per heavy atom. The van der Waals surface area contributed by atoms with Gasteiger partial charge in [0.1, 0.15) is 5.82 Å². The minimum atomic E-state index is -0.288. The van der Waals surface area contributed by atoms with Gasteiger partial charge in [0.15, 0.2) is 5.65 Å². The van der Waals surface area contributed by atoms with E-state index in [1.807, 2.05) is 0 Å². The third-order valence-electron chi connectivity index (χ3n) is 4.40. The summed E-state index contributed by atoms with van der Waals surface area (Å²) >= 11 is 0. The lowest BCUT2D eigenvalue weighted by atomic mass is 10.0. The standard InChI is InChI=1S/C14H18FN5/c15-10-5-6-13-17-14(18-20(13)9-10)19-8-2-4-12(19)11-3-1-7-16-11/h5-6,9,11-12,16H,1-4,7-8H2. The molecule has 2 atom stereocenters. The number of anilines is 1. The summed E-state index contributed by atoms with van der Waals surface area (Å²) in [6.45, 7) is 2.10. The van der Waals surface area contributed by atoms with Gasteiger partial charge in [0, 0.05) is 18.6 Å². The van der Waals surface area contributed by atoms with Crippen LogP contribution in [0.1, 0.15) is 25.7 Å². The van der Waals surface area contributed by atoms with E-state index < -0.39 is 0 Å². The van der Waals surface area contributed by atoms with Crippen LogP contribution in [0, 0.1) is 5.82 Å². The van der Waals surface area contributed by atoms with E-state index in [1.165, 1.54) is 42.5 Å². The van der Waals surface area contributed by atoms with Crippen molar-refractivity contribution >= 4 is 11.6 Å². The second kappa shape index (κ2) is 4.70. The van der Waals surface area contributed by atoms with Crippen LogP contribution < -0.4 is 10.2 Å². The lowest BCUT2D eigenvalue weighted by Gasteiger charge is -2.28. The highest BCUT2D eigenvalue weighted by Crippen LogP contribution is 2.28. The number of hydrogen-bond acceptors (Lipinski definition) is 4. The van der Waals surface area contributed by atoms with Crippen LogP contribution in [0.2, 0.25) is 0 Å². The van der Waals surface area contributed by atoms with Gasteiger partial charge < -0.3 is 10.2 Å². The van der Waals surface area contributed by atoms with Gasteiger partial charge in [-0.1, -0.05) is 0 Å². The zero-order chi connectivity index (χ0) is 13.5. The highest BCUT2D eigenvalue weighted by atomic mass is 19.1. The second-order valence-corrected chi connectivity index (χ2v) is 5.67. The monoisotopic (exact) mass is 275 g/mol. The average Bonchev–Trinajstić information content (AvgIpc) is 3.17. The first-order valence-corrected chi connectivity index (χ1v) is 7.33. The molecule has 20 heavy (non-hydrogen) atoms. The molecule has 106 valence electrons. The molecule has 0 bridgehead atoms. The molecule has 4 rings (SSSR count). The van der Waals surface area contributed by atoms with Crippen molar-refractivity contribution in [3.8, 4) is 0 Å². The summed E-state index contributed by atoms with van der Waals surface area (Å²) in [7, 11) is 0. The van der Waals surface area contributed by atoms with Crippen molar-refractivity contribution in [2.24, 2.45) is 0 Å². The van der Waals surface area contributed by atoms with Crippen molar-refractivity contribution < 1.29 is 4.39 Å². The molecule has 0 saturated carbocycles. The normalized spacial score (nSPS) is 26.8. The van der Waals surface area contributed by atoms with E-state index in [4.69, 9.17) is 0 Å². The predicted octanol–water partition coefficient (Wildman–Crippen LogP) is 1.59. The number of rotatable bonds is 2. The first-order chi connectivity index (χ1) is 9.81. The lowest BCUT2D eigenvalue weighted by Crippen LogP contribution is -2.44. The molecule has 2 aliphatic heterocycles. The van der Waals surface area contributed by atoms with Gasteiger partial charge in [-0.05, 0) is 44.4 Å². The van der Waals surface area contributed by atoms with Gasteiger partial charge in [-0.3, -0.25) is 0 Å². The van der Waals surface area contributed by atoms with Crippen LogP contribution in [0.25, 0.3) is 5.65 Å². The third kappa shape index (κ3) is 1.95. The molecule has 0 amide bonds. The number of halogens is 1. The molecule has 4 heterocycles. The van der Waals surface area contributed by atoms with Gasteiger partial charge in [0.2, 0.25) is 5.95 Å². The molecule has 5 nitrogen and oxygen atoms in total. The summed E-state index contributed by atoms with van der Waals surface area (Å²) in [6, 6.07) is 4.11. The highest BCUT2D eigenvalue weighted by molar-refractivity contribution is 5.46. The number of fused-ring (bicyclic) bond motifs is 1. The zero-order valence-corrected chi connectivity index (χ0v) is 11.3. The van der Waals surface area contributed by atoms with Gasteiger partial charge in [0.25, 0.3) is 0 Å². The summed E-state index contributed by atoms with van der Waals surface area (Å²) in [5, 5.41) is 8.02. The Kier molecular flexibility index (Phi) is 2.84. The van der Waals surface area contributed by atoms with Crippen LogP contribution in [0.4, 0.5) is 10.3 Å². The summed E-state index contributed by atoms with van der Waals surface area (Å²) in [5.41, 5.74) is 0.700. The number of nitrogens with one attached hydrogen (secondary N) is 1. The maximum atomic E-state index is 13.2. The Labute approximate surface area is 116 Å². The number of nitrogens with zero attached hydrogens (tertiary/aromatic N) is 4. The first kappa shape index (κ1) is 12.1. The van der Waals surface area contributed by atoms with E-state index in [2.05, 4.69) is 20.3 Å². The molecule has 0 radical (unpaired) electrons. The average molecular weight is 275 g/mol. The van der Waals surface area contributed by atoms with Crippen LogP contribution in [0.15, 0.2) is 18.3 Å². The minimum absolute atomic E-state index is 0.288. The Balaban J connectivity index is 1.66. The minimum Gasteiger partial charge on any atom is -0.335 e. The topological polar surface area (TPSA) is 45.5 Å². The summed E-state index contributed by atoms with van der Waals surface area (Å²) in [5.74, 6) is 0.441. The molecule has 2 saturated heterocycles. The van der Waals surface area contributed by atoms with E-state index in [0.29, 0.717) is 17.7 Å². The van der Waals surface area contributed by atoms with E-state index >= 15 is 0 Å².